The fourth-order valence-corrected chi connectivity index (χ4v) is 2.55. The summed E-state index contributed by atoms with van der Waals surface area (Å²) in [5, 5.41) is 10.5. The fraction of sp³-hybridized carbons (Fsp3) is 0.222. The highest BCUT2D eigenvalue weighted by atomic mass is 35.5. The zero-order chi connectivity index (χ0) is 16.0. The number of rotatable bonds is 5. The minimum Gasteiger partial charge on any atom is -0.466 e. The van der Waals surface area contributed by atoms with Crippen molar-refractivity contribution in [1.29, 1.82) is 5.26 Å². The van der Waals surface area contributed by atoms with Crippen LogP contribution in [-0.4, -0.2) is 12.6 Å². The van der Waals surface area contributed by atoms with E-state index in [9.17, 15) is 10.1 Å². The lowest BCUT2D eigenvalue weighted by Crippen LogP contribution is -2.30. The molecule has 1 unspecified atom stereocenters. The van der Waals surface area contributed by atoms with Crippen LogP contribution < -0.4 is 0 Å². The van der Waals surface area contributed by atoms with Crippen molar-refractivity contribution >= 4 is 17.6 Å². The van der Waals surface area contributed by atoms with Gasteiger partial charge in [-0.3, -0.25) is 4.79 Å². The van der Waals surface area contributed by atoms with Crippen LogP contribution in [0.3, 0.4) is 0 Å². The van der Waals surface area contributed by atoms with Gasteiger partial charge in [-0.15, -0.1) is 0 Å². The van der Waals surface area contributed by atoms with Gasteiger partial charge in [0.25, 0.3) is 0 Å². The molecule has 0 saturated carbocycles. The smallest absolute Gasteiger partial charge is 0.308 e. The first-order valence-electron chi connectivity index (χ1n) is 7.01. The highest BCUT2D eigenvalue weighted by Crippen LogP contribution is 2.36. The van der Waals surface area contributed by atoms with Crippen LogP contribution >= 0.6 is 11.6 Å². The van der Waals surface area contributed by atoms with Crippen LogP contribution in [0.5, 0.6) is 0 Å². The zero-order valence-corrected chi connectivity index (χ0v) is 13.0. The van der Waals surface area contributed by atoms with Crippen LogP contribution in [0.2, 0.25) is 5.02 Å². The van der Waals surface area contributed by atoms with Crippen molar-refractivity contribution in [2.45, 2.75) is 18.8 Å². The number of carbonyl (C=O) groups excluding carboxylic acids is 1. The van der Waals surface area contributed by atoms with Crippen LogP contribution in [0.15, 0.2) is 54.6 Å². The first kappa shape index (κ1) is 16.1. The van der Waals surface area contributed by atoms with E-state index < -0.39 is 11.4 Å². The molecule has 112 valence electrons. The number of esters is 1. The molecular weight excluding hydrogens is 298 g/mol. The second-order valence-electron chi connectivity index (χ2n) is 4.87. The number of nitriles is 1. The molecule has 2 rings (SSSR count). The van der Waals surface area contributed by atoms with Gasteiger partial charge in [0.05, 0.1) is 19.1 Å². The Labute approximate surface area is 135 Å². The monoisotopic (exact) mass is 313 g/mol. The van der Waals surface area contributed by atoms with Gasteiger partial charge in [0.15, 0.2) is 0 Å². The van der Waals surface area contributed by atoms with E-state index in [0.717, 1.165) is 11.1 Å². The van der Waals surface area contributed by atoms with E-state index in [-0.39, 0.29) is 13.0 Å². The molecule has 22 heavy (non-hydrogen) atoms. The molecule has 0 saturated heterocycles. The lowest BCUT2D eigenvalue weighted by atomic mass is 9.73. The third-order valence-electron chi connectivity index (χ3n) is 3.51. The summed E-state index contributed by atoms with van der Waals surface area (Å²) in [4.78, 5) is 12.0. The van der Waals surface area contributed by atoms with Crippen LogP contribution in [0.1, 0.15) is 24.5 Å². The molecule has 0 aliphatic carbocycles. The van der Waals surface area contributed by atoms with Crippen molar-refractivity contribution < 1.29 is 9.53 Å². The predicted molar refractivity (Wildman–Crippen MR) is 85.5 cm³/mol. The topological polar surface area (TPSA) is 50.1 Å². The molecule has 0 aliphatic rings. The lowest BCUT2D eigenvalue weighted by Gasteiger charge is -2.27. The summed E-state index contributed by atoms with van der Waals surface area (Å²) in [6, 6.07) is 18.6. The molecule has 0 bridgehead atoms. The molecule has 0 amide bonds. The Morgan fingerprint density at radius 1 is 1.14 bits per heavy atom. The number of hydrogen-bond donors (Lipinski definition) is 0. The van der Waals surface area contributed by atoms with Crippen LogP contribution in [0.25, 0.3) is 0 Å². The highest BCUT2D eigenvalue weighted by Gasteiger charge is 2.37. The Hall–Kier alpha value is -2.31. The van der Waals surface area contributed by atoms with E-state index in [4.69, 9.17) is 16.3 Å². The largest absolute Gasteiger partial charge is 0.466 e. The molecule has 1 atom stereocenters. The number of nitrogens with zero attached hydrogens (tertiary/aromatic N) is 1. The van der Waals surface area contributed by atoms with Crippen molar-refractivity contribution in [3.63, 3.8) is 0 Å². The predicted octanol–water partition coefficient (Wildman–Crippen LogP) is 4.10. The standard InChI is InChI=1S/C18H16ClNO2/c1-2-22-17(21)12-18(13-20,14-6-4-3-5-7-14)15-8-10-16(19)11-9-15/h3-11H,2,12H2,1H3. The van der Waals surface area contributed by atoms with Gasteiger partial charge in [0, 0.05) is 5.02 Å². The number of benzene rings is 2. The third kappa shape index (κ3) is 3.29. The lowest BCUT2D eigenvalue weighted by molar-refractivity contribution is -0.143. The normalized spacial score (nSPS) is 13.0. The van der Waals surface area contributed by atoms with Gasteiger partial charge in [-0.25, -0.2) is 0 Å². The Balaban J connectivity index is 2.54. The molecule has 4 heteroatoms. The van der Waals surface area contributed by atoms with Gasteiger partial charge < -0.3 is 4.74 Å². The maximum absolute atomic E-state index is 12.0. The molecule has 0 radical (unpaired) electrons. The summed E-state index contributed by atoms with van der Waals surface area (Å²) in [5.41, 5.74) is 0.393. The molecule has 2 aromatic carbocycles. The SMILES string of the molecule is CCOC(=O)CC(C#N)(c1ccccc1)c1ccc(Cl)cc1. The number of halogens is 1. The van der Waals surface area contributed by atoms with E-state index in [1.165, 1.54) is 0 Å². The van der Waals surface area contributed by atoms with E-state index in [2.05, 4.69) is 6.07 Å². The molecule has 0 heterocycles. The number of hydrogen-bond acceptors (Lipinski definition) is 3. The molecule has 2 aromatic rings. The summed E-state index contributed by atoms with van der Waals surface area (Å²) < 4.78 is 5.05. The molecule has 0 aromatic heterocycles. The Kier molecular flexibility index (Phi) is 5.19. The minimum absolute atomic E-state index is 0.0387. The van der Waals surface area contributed by atoms with Gasteiger partial charge in [-0.05, 0) is 30.2 Å². The van der Waals surface area contributed by atoms with Gasteiger partial charge in [-0.2, -0.15) is 5.26 Å². The van der Waals surface area contributed by atoms with Crippen molar-refractivity contribution in [2.24, 2.45) is 0 Å². The average molecular weight is 314 g/mol. The first-order valence-corrected chi connectivity index (χ1v) is 7.38. The van der Waals surface area contributed by atoms with Crippen LogP contribution in [0, 0.1) is 11.3 Å². The summed E-state index contributed by atoms with van der Waals surface area (Å²) in [5.74, 6) is -0.400. The molecule has 0 aliphatic heterocycles. The molecule has 0 spiro atoms. The second kappa shape index (κ2) is 7.11. The maximum Gasteiger partial charge on any atom is 0.308 e. The molecule has 0 fully saturated rings. The van der Waals surface area contributed by atoms with E-state index in [1.54, 1.807) is 31.2 Å². The zero-order valence-electron chi connectivity index (χ0n) is 12.3. The van der Waals surface area contributed by atoms with Crippen molar-refractivity contribution in [2.75, 3.05) is 6.61 Å². The van der Waals surface area contributed by atoms with Gasteiger partial charge in [-0.1, -0.05) is 54.1 Å². The summed E-state index contributed by atoms with van der Waals surface area (Å²) in [6.45, 7) is 2.03. The van der Waals surface area contributed by atoms with E-state index in [0.29, 0.717) is 5.02 Å². The van der Waals surface area contributed by atoms with E-state index in [1.807, 2.05) is 30.3 Å². The molecular formula is C18H16ClNO2. The quantitative estimate of drug-likeness (QED) is 0.781. The number of carbonyl (C=O) groups is 1. The maximum atomic E-state index is 12.0. The summed E-state index contributed by atoms with van der Waals surface area (Å²) in [6.07, 6.45) is -0.0387. The Morgan fingerprint density at radius 2 is 1.73 bits per heavy atom. The molecule has 0 N–H and O–H groups in total. The van der Waals surface area contributed by atoms with Crippen molar-refractivity contribution in [1.82, 2.24) is 0 Å². The highest BCUT2D eigenvalue weighted by molar-refractivity contribution is 6.30. The van der Waals surface area contributed by atoms with Gasteiger partial charge >= 0.3 is 5.97 Å². The number of ether oxygens (including phenoxy) is 1. The van der Waals surface area contributed by atoms with Crippen molar-refractivity contribution in [3.8, 4) is 6.07 Å². The fourth-order valence-electron chi connectivity index (χ4n) is 2.43. The van der Waals surface area contributed by atoms with Crippen molar-refractivity contribution in [3.05, 3.63) is 70.7 Å². The van der Waals surface area contributed by atoms with Crippen LogP contribution in [0.4, 0.5) is 0 Å². The third-order valence-corrected chi connectivity index (χ3v) is 3.76. The summed E-state index contributed by atoms with van der Waals surface area (Å²) in [7, 11) is 0. The molecule has 3 nitrogen and oxygen atoms in total. The van der Waals surface area contributed by atoms with Gasteiger partial charge in [0.1, 0.15) is 5.41 Å². The minimum atomic E-state index is -1.09. The van der Waals surface area contributed by atoms with Gasteiger partial charge in [0.2, 0.25) is 0 Å². The first-order chi connectivity index (χ1) is 10.6. The Bertz CT molecular complexity index is 676. The van der Waals surface area contributed by atoms with Crippen LogP contribution in [-0.2, 0) is 14.9 Å². The Morgan fingerprint density at radius 3 is 2.27 bits per heavy atom. The van der Waals surface area contributed by atoms with E-state index >= 15 is 0 Å². The summed E-state index contributed by atoms with van der Waals surface area (Å²) >= 11 is 5.93. The average Bonchev–Trinajstić information content (AvgIpc) is 2.54. The second-order valence-corrected chi connectivity index (χ2v) is 5.31.